The lowest BCUT2D eigenvalue weighted by molar-refractivity contribution is 0.164. The smallest absolute Gasteiger partial charge is 0.175 e. The molecule has 0 radical (unpaired) electrons. The fourth-order valence-corrected chi connectivity index (χ4v) is 2.69. The first-order valence-electron chi connectivity index (χ1n) is 5.12. The Morgan fingerprint density at radius 2 is 2.19 bits per heavy atom. The lowest BCUT2D eigenvalue weighted by atomic mass is 10.0. The molecule has 5 heteroatoms. The van der Waals surface area contributed by atoms with Crippen LogP contribution in [-0.2, 0) is 0 Å². The molecular weight excluding hydrogens is 274 g/mol. The molecule has 1 aliphatic heterocycles. The highest BCUT2D eigenvalue weighted by atomic mass is 79.9. The van der Waals surface area contributed by atoms with E-state index in [1.54, 1.807) is 0 Å². The molecule has 4 nitrogen and oxygen atoms in total. The third-order valence-electron chi connectivity index (χ3n) is 2.58. The largest absolute Gasteiger partial charge is 0.486 e. The van der Waals surface area contributed by atoms with Gasteiger partial charge >= 0.3 is 0 Å². The van der Waals surface area contributed by atoms with E-state index in [0.29, 0.717) is 24.7 Å². The van der Waals surface area contributed by atoms with Gasteiger partial charge in [-0.1, -0.05) is 0 Å². The average molecular weight is 288 g/mol. The summed E-state index contributed by atoms with van der Waals surface area (Å²) in [6.07, 6.45) is -0.690. The summed E-state index contributed by atoms with van der Waals surface area (Å²) in [5.41, 5.74) is 7.18. The van der Waals surface area contributed by atoms with Crippen molar-refractivity contribution in [3.8, 4) is 11.5 Å². The second-order valence-corrected chi connectivity index (χ2v) is 4.49. The zero-order valence-electron chi connectivity index (χ0n) is 9.00. The summed E-state index contributed by atoms with van der Waals surface area (Å²) < 4.78 is 11.7. The second kappa shape index (κ2) is 4.61. The minimum absolute atomic E-state index is 0.180. The van der Waals surface area contributed by atoms with Crippen LogP contribution in [0.2, 0.25) is 0 Å². The summed E-state index contributed by atoms with van der Waals surface area (Å²) in [5, 5.41) is 9.84. The fourth-order valence-electron chi connectivity index (χ4n) is 1.81. The molecule has 0 saturated carbocycles. The van der Waals surface area contributed by atoms with E-state index in [1.807, 2.05) is 13.0 Å². The zero-order valence-corrected chi connectivity index (χ0v) is 10.6. The maximum Gasteiger partial charge on any atom is 0.175 e. The standard InChI is InChI=1S/C11H14BrNO3/c1-6-4-8-11(16-3-2-15-8)10(12)9(6)7(14)5-13/h4,7,14H,2-3,5,13H2,1H3. The number of nitrogens with two attached hydrogens (primary N) is 1. The van der Waals surface area contributed by atoms with Crippen LogP contribution in [0.25, 0.3) is 0 Å². The van der Waals surface area contributed by atoms with Crippen molar-refractivity contribution in [2.75, 3.05) is 19.8 Å². The number of fused-ring (bicyclic) bond motifs is 1. The Morgan fingerprint density at radius 3 is 2.88 bits per heavy atom. The summed E-state index contributed by atoms with van der Waals surface area (Å²) in [5.74, 6) is 1.36. The van der Waals surface area contributed by atoms with Gasteiger partial charge in [0, 0.05) is 12.1 Å². The second-order valence-electron chi connectivity index (χ2n) is 3.70. The van der Waals surface area contributed by atoms with E-state index < -0.39 is 6.10 Å². The first-order chi connectivity index (χ1) is 7.65. The summed E-state index contributed by atoms with van der Waals surface area (Å²) in [6, 6.07) is 1.87. The molecule has 0 aliphatic carbocycles. The highest BCUT2D eigenvalue weighted by Crippen LogP contribution is 2.43. The van der Waals surface area contributed by atoms with Gasteiger partial charge in [-0.05, 0) is 34.5 Å². The molecule has 0 amide bonds. The maximum absolute atomic E-state index is 9.84. The number of rotatable bonds is 2. The third kappa shape index (κ3) is 1.90. The topological polar surface area (TPSA) is 64.7 Å². The van der Waals surface area contributed by atoms with Crippen molar-refractivity contribution in [3.05, 3.63) is 21.7 Å². The third-order valence-corrected chi connectivity index (χ3v) is 3.36. The van der Waals surface area contributed by atoms with Gasteiger partial charge in [0.2, 0.25) is 0 Å². The Labute approximate surface area is 102 Å². The van der Waals surface area contributed by atoms with Crippen molar-refractivity contribution >= 4 is 15.9 Å². The van der Waals surface area contributed by atoms with Gasteiger partial charge in [0.1, 0.15) is 13.2 Å². The van der Waals surface area contributed by atoms with Crippen LogP contribution in [0.4, 0.5) is 0 Å². The number of aliphatic hydroxyl groups is 1. The van der Waals surface area contributed by atoms with Gasteiger partial charge in [0.15, 0.2) is 11.5 Å². The molecule has 0 aromatic heterocycles. The number of ether oxygens (including phenoxy) is 2. The van der Waals surface area contributed by atoms with Gasteiger partial charge in [-0.2, -0.15) is 0 Å². The van der Waals surface area contributed by atoms with E-state index in [9.17, 15) is 5.11 Å². The lowest BCUT2D eigenvalue weighted by Crippen LogP contribution is -2.18. The number of hydrogen-bond donors (Lipinski definition) is 2. The molecule has 2 rings (SSSR count). The van der Waals surface area contributed by atoms with Crippen LogP contribution in [0.5, 0.6) is 11.5 Å². The molecule has 1 atom stereocenters. The number of aliphatic hydroxyl groups excluding tert-OH is 1. The highest BCUT2D eigenvalue weighted by molar-refractivity contribution is 9.10. The molecule has 0 fully saturated rings. The Hall–Kier alpha value is -0.780. The molecular formula is C11H14BrNO3. The van der Waals surface area contributed by atoms with E-state index >= 15 is 0 Å². The number of benzene rings is 1. The van der Waals surface area contributed by atoms with Crippen molar-refractivity contribution in [1.29, 1.82) is 0 Å². The van der Waals surface area contributed by atoms with Crippen LogP contribution in [0.15, 0.2) is 10.5 Å². The van der Waals surface area contributed by atoms with E-state index in [1.165, 1.54) is 0 Å². The number of hydrogen-bond acceptors (Lipinski definition) is 4. The number of aryl methyl sites for hydroxylation is 1. The fraction of sp³-hybridized carbons (Fsp3) is 0.455. The molecule has 0 saturated heterocycles. The molecule has 1 aromatic carbocycles. The molecule has 1 aliphatic rings. The van der Waals surface area contributed by atoms with Gasteiger partial charge in [-0.3, -0.25) is 0 Å². The summed E-state index contributed by atoms with van der Waals surface area (Å²) >= 11 is 3.44. The number of halogens is 1. The van der Waals surface area contributed by atoms with Gasteiger partial charge < -0.3 is 20.3 Å². The normalized spacial score (nSPS) is 16.0. The van der Waals surface area contributed by atoms with Crippen molar-refractivity contribution in [1.82, 2.24) is 0 Å². The molecule has 3 N–H and O–H groups in total. The summed E-state index contributed by atoms with van der Waals surface area (Å²) in [4.78, 5) is 0. The SMILES string of the molecule is Cc1cc2c(c(Br)c1C(O)CN)OCCO2. The van der Waals surface area contributed by atoms with Crippen molar-refractivity contribution in [2.24, 2.45) is 5.73 Å². The first kappa shape index (κ1) is 11.7. The lowest BCUT2D eigenvalue weighted by Gasteiger charge is -2.23. The predicted octanol–water partition coefficient (Wildman–Crippen LogP) is 1.52. The van der Waals surface area contributed by atoms with Gasteiger partial charge in [-0.25, -0.2) is 0 Å². The first-order valence-corrected chi connectivity index (χ1v) is 5.91. The monoisotopic (exact) mass is 287 g/mol. The van der Waals surface area contributed by atoms with Crippen molar-refractivity contribution in [2.45, 2.75) is 13.0 Å². The molecule has 16 heavy (non-hydrogen) atoms. The predicted molar refractivity (Wildman–Crippen MR) is 63.9 cm³/mol. The Kier molecular flexibility index (Phi) is 3.37. The van der Waals surface area contributed by atoms with Crippen molar-refractivity contribution < 1.29 is 14.6 Å². The van der Waals surface area contributed by atoms with Crippen LogP contribution in [0, 0.1) is 6.92 Å². The van der Waals surface area contributed by atoms with Crippen LogP contribution >= 0.6 is 15.9 Å². The van der Waals surface area contributed by atoms with E-state index in [2.05, 4.69) is 15.9 Å². The van der Waals surface area contributed by atoms with E-state index in [-0.39, 0.29) is 6.54 Å². The minimum atomic E-state index is -0.690. The zero-order chi connectivity index (χ0) is 11.7. The molecule has 0 spiro atoms. The molecule has 1 unspecified atom stereocenters. The quantitative estimate of drug-likeness (QED) is 0.866. The Morgan fingerprint density at radius 1 is 1.50 bits per heavy atom. The van der Waals surface area contributed by atoms with Crippen LogP contribution in [-0.4, -0.2) is 24.9 Å². The average Bonchev–Trinajstić information content (AvgIpc) is 2.28. The summed E-state index contributed by atoms with van der Waals surface area (Å²) in [6.45, 7) is 3.17. The Bertz CT molecular complexity index is 409. The van der Waals surface area contributed by atoms with Gasteiger partial charge in [0.25, 0.3) is 0 Å². The van der Waals surface area contributed by atoms with Gasteiger partial charge in [0.05, 0.1) is 10.6 Å². The minimum Gasteiger partial charge on any atom is -0.486 e. The highest BCUT2D eigenvalue weighted by Gasteiger charge is 2.23. The summed E-state index contributed by atoms with van der Waals surface area (Å²) in [7, 11) is 0. The van der Waals surface area contributed by atoms with E-state index in [0.717, 1.165) is 15.6 Å². The van der Waals surface area contributed by atoms with E-state index in [4.69, 9.17) is 15.2 Å². The molecule has 0 bridgehead atoms. The van der Waals surface area contributed by atoms with Crippen molar-refractivity contribution in [3.63, 3.8) is 0 Å². The van der Waals surface area contributed by atoms with Crippen LogP contribution < -0.4 is 15.2 Å². The molecule has 88 valence electrons. The van der Waals surface area contributed by atoms with Crippen LogP contribution in [0.1, 0.15) is 17.2 Å². The molecule has 1 aromatic rings. The van der Waals surface area contributed by atoms with Gasteiger partial charge in [-0.15, -0.1) is 0 Å². The Balaban J connectivity index is 2.54. The van der Waals surface area contributed by atoms with Crippen LogP contribution in [0.3, 0.4) is 0 Å². The maximum atomic E-state index is 9.84. The molecule has 1 heterocycles.